The highest BCUT2D eigenvalue weighted by Gasteiger charge is 2.17. The van der Waals surface area contributed by atoms with Crippen LogP contribution in [0, 0.1) is 0 Å². The molecule has 0 radical (unpaired) electrons. The van der Waals surface area contributed by atoms with E-state index in [4.69, 9.17) is 16.3 Å². The molecule has 5 rings (SSSR count). The van der Waals surface area contributed by atoms with Crippen LogP contribution in [0.2, 0.25) is 5.02 Å². The molecule has 0 atom stereocenters. The number of benzene rings is 3. The largest absolute Gasteiger partial charge is 0.504 e. The van der Waals surface area contributed by atoms with Crippen LogP contribution in [0.3, 0.4) is 0 Å². The fourth-order valence-corrected chi connectivity index (χ4v) is 3.93. The zero-order valence-corrected chi connectivity index (χ0v) is 16.8. The normalized spacial score (nSPS) is 11.3. The number of hydrogen-bond acceptors (Lipinski definition) is 3. The molecule has 0 saturated carbocycles. The Balaban J connectivity index is 1.68. The predicted molar refractivity (Wildman–Crippen MR) is 120 cm³/mol. The molecule has 0 fully saturated rings. The molecule has 2 aromatic heterocycles. The molecule has 0 aliphatic carbocycles. The number of ether oxygens (including phenoxy) is 1. The van der Waals surface area contributed by atoms with E-state index in [1.54, 1.807) is 36.4 Å². The molecular formula is C24H17ClN2O3. The lowest BCUT2D eigenvalue weighted by Crippen LogP contribution is -2.09. The molecule has 0 unspecified atom stereocenters. The Morgan fingerprint density at radius 2 is 1.83 bits per heavy atom. The van der Waals surface area contributed by atoms with Gasteiger partial charge >= 0.3 is 0 Å². The molecule has 0 spiro atoms. The van der Waals surface area contributed by atoms with E-state index in [9.17, 15) is 9.90 Å². The van der Waals surface area contributed by atoms with Gasteiger partial charge in [0.25, 0.3) is 5.56 Å². The maximum absolute atomic E-state index is 12.5. The minimum absolute atomic E-state index is 0.152. The van der Waals surface area contributed by atoms with Gasteiger partial charge in [-0.3, -0.25) is 4.79 Å². The van der Waals surface area contributed by atoms with Gasteiger partial charge in [-0.15, -0.1) is 0 Å². The third kappa shape index (κ3) is 3.00. The van der Waals surface area contributed by atoms with Crippen LogP contribution < -0.4 is 10.3 Å². The van der Waals surface area contributed by atoms with Crippen molar-refractivity contribution in [2.24, 2.45) is 7.05 Å². The summed E-state index contributed by atoms with van der Waals surface area (Å²) in [6.07, 6.45) is 2.00. The summed E-state index contributed by atoms with van der Waals surface area (Å²) in [6.45, 7) is 0. The summed E-state index contributed by atoms with van der Waals surface area (Å²) >= 11 is 6.53. The predicted octanol–water partition coefficient (Wildman–Crippen LogP) is 5.84. The zero-order valence-electron chi connectivity index (χ0n) is 16.0. The lowest BCUT2D eigenvalue weighted by molar-refractivity contribution is 0.410. The molecule has 0 amide bonds. The van der Waals surface area contributed by atoms with E-state index in [0.717, 1.165) is 22.0 Å². The SMILES string of the molecule is Cn1ccc2cc(-c3cc4c(O)c(Oc5ccccc5)c(=O)[nH]c4cc3Cl)ccc21. The number of nitrogens with zero attached hydrogens (tertiary/aromatic N) is 1. The van der Waals surface area contributed by atoms with Crippen molar-refractivity contribution in [3.63, 3.8) is 0 Å². The molecule has 0 aliphatic rings. The van der Waals surface area contributed by atoms with Gasteiger partial charge in [0.2, 0.25) is 5.75 Å². The fraction of sp³-hybridized carbons (Fsp3) is 0.0417. The first-order valence-electron chi connectivity index (χ1n) is 9.38. The van der Waals surface area contributed by atoms with Crippen LogP contribution in [-0.4, -0.2) is 14.7 Å². The van der Waals surface area contributed by atoms with Crippen molar-refractivity contribution < 1.29 is 9.84 Å². The van der Waals surface area contributed by atoms with E-state index in [2.05, 4.69) is 4.98 Å². The maximum atomic E-state index is 12.5. The number of rotatable bonds is 3. The lowest BCUT2D eigenvalue weighted by atomic mass is 10.0. The number of aromatic amines is 1. The van der Waals surface area contributed by atoms with E-state index in [0.29, 0.717) is 21.7 Å². The first-order valence-corrected chi connectivity index (χ1v) is 9.76. The van der Waals surface area contributed by atoms with Crippen molar-refractivity contribution in [2.75, 3.05) is 0 Å². The van der Waals surface area contributed by atoms with Crippen LogP contribution in [-0.2, 0) is 7.05 Å². The van der Waals surface area contributed by atoms with Crippen LogP contribution in [0.5, 0.6) is 17.2 Å². The van der Waals surface area contributed by atoms with Gasteiger partial charge in [0, 0.05) is 35.1 Å². The third-order valence-electron chi connectivity index (χ3n) is 5.19. The molecule has 2 N–H and O–H groups in total. The van der Waals surface area contributed by atoms with Gasteiger partial charge in [-0.25, -0.2) is 0 Å². The molecule has 0 saturated heterocycles. The summed E-state index contributed by atoms with van der Waals surface area (Å²) in [5.41, 5.74) is 2.69. The minimum atomic E-state index is -0.529. The van der Waals surface area contributed by atoms with Crippen molar-refractivity contribution in [1.82, 2.24) is 9.55 Å². The van der Waals surface area contributed by atoms with E-state index in [-0.39, 0.29) is 11.5 Å². The number of pyridine rings is 1. The monoisotopic (exact) mass is 416 g/mol. The van der Waals surface area contributed by atoms with Crippen LogP contribution in [0.4, 0.5) is 0 Å². The average Bonchev–Trinajstić information content (AvgIpc) is 3.12. The summed E-state index contributed by atoms with van der Waals surface area (Å²) in [6, 6.07) is 20.4. The molecule has 2 heterocycles. The number of hydrogen-bond donors (Lipinski definition) is 2. The first kappa shape index (κ1) is 18.3. The average molecular weight is 417 g/mol. The molecule has 0 bridgehead atoms. The topological polar surface area (TPSA) is 67.2 Å². The number of aromatic nitrogens is 2. The third-order valence-corrected chi connectivity index (χ3v) is 5.50. The molecule has 6 heteroatoms. The number of aryl methyl sites for hydroxylation is 1. The highest BCUT2D eigenvalue weighted by molar-refractivity contribution is 6.34. The molecule has 148 valence electrons. The maximum Gasteiger partial charge on any atom is 0.295 e. The molecular weight excluding hydrogens is 400 g/mol. The van der Waals surface area contributed by atoms with E-state index in [1.807, 2.05) is 48.1 Å². The fourth-order valence-electron chi connectivity index (χ4n) is 3.65. The summed E-state index contributed by atoms with van der Waals surface area (Å²) in [4.78, 5) is 15.2. The van der Waals surface area contributed by atoms with Crippen LogP contribution in [0.25, 0.3) is 32.9 Å². The van der Waals surface area contributed by atoms with Crippen molar-refractivity contribution in [1.29, 1.82) is 0 Å². The van der Waals surface area contributed by atoms with Gasteiger partial charge in [-0.05, 0) is 48.0 Å². The highest BCUT2D eigenvalue weighted by Crippen LogP contribution is 2.39. The zero-order chi connectivity index (χ0) is 20.8. The summed E-state index contributed by atoms with van der Waals surface area (Å²) in [7, 11) is 1.99. The number of H-pyrrole nitrogens is 1. The van der Waals surface area contributed by atoms with Gasteiger partial charge in [-0.2, -0.15) is 0 Å². The number of fused-ring (bicyclic) bond motifs is 2. The Hall–Kier alpha value is -3.70. The standard InChI is InChI=1S/C24H17ClN2O3/c1-27-10-9-15-11-14(7-8-21(15)27)17-12-18-20(13-19(17)25)26-24(29)23(22(18)28)30-16-5-3-2-4-6-16/h2-13H,1H3,(H2,26,28,29). The second-order valence-corrected chi connectivity index (χ2v) is 7.53. The molecule has 3 aromatic carbocycles. The van der Waals surface area contributed by atoms with Gasteiger partial charge in [0.1, 0.15) is 5.75 Å². The first-order chi connectivity index (χ1) is 14.5. The van der Waals surface area contributed by atoms with Crippen LogP contribution in [0.15, 0.2) is 77.7 Å². The smallest absolute Gasteiger partial charge is 0.295 e. The quantitative estimate of drug-likeness (QED) is 0.388. The van der Waals surface area contributed by atoms with Crippen molar-refractivity contribution >= 4 is 33.4 Å². The van der Waals surface area contributed by atoms with Gasteiger partial charge in [-0.1, -0.05) is 35.9 Å². The Bertz CT molecular complexity index is 1470. The molecule has 0 aliphatic heterocycles. The lowest BCUT2D eigenvalue weighted by Gasteiger charge is -2.12. The number of nitrogens with one attached hydrogen (secondary N) is 1. The van der Waals surface area contributed by atoms with E-state index in [1.165, 1.54) is 0 Å². The summed E-state index contributed by atoms with van der Waals surface area (Å²) in [5, 5.41) is 12.9. The molecule has 5 nitrogen and oxygen atoms in total. The number of halogens is 1. The van der Waals surface area contributed by atoms with Crippen LogP contribution in [0.1, 0.15) is 0 Å². The van der Waals surface area contributed by atoms with E-state index >= 15 is 0 Å². The van der Waals surface area contributed by atoms with E-state index < -0.39 is 5.56 Å². The molecule has 30 heavy (non-hydrogen) atoms. The van der Waals surface area contributed by atoms with Crippen molar-refractivity contribution in [3.8, 4) is 28.4 Å². The second kappa shape index (κ2) is 6.97. The van der Waals surface area contributed by atoms with Gasteiger partial charge in [0.15, 0.2) is 5.75 Å². The Morgan fingerprint density at radius 1 is 1.03 bits per heavy atom. The minimum Gasteiger partial charge on any atom is -0.504 e. The summed E-state index contributed by atoms with van der Waals surface area (Å²) in [5.74, 6) is 0.0816. The second-order valence-electron chi connectivity index (χ2n) is 7.12. The Labute approximate surface area is 176 Å². The van der Waals surface area contributed by atoms with Gasteiger partial charge in [0.05, 0.1) is 10.5 Å². The van der Waals surface area contributed by atoms with Crippen molar-refractivity contribution in [2.45, 2.75) is 0 Å². The number of aromatic hydroxyl groups is 1. The van der Waals surface area contributed by atoms with Crippen LogP contribution >= 0.6 is 11.6 Å². The number of para-hydroxylation sites is 1. The Morgan fingerprint density at radius 3 is 2.63 bits per heavy atom. The Kier molecular flexibility index (Phi) is 4.26. The molecule has 5 aromatic rings. The van der Waals surface area contributed by atoms with Crippen molar-refractivity contribution in [3.05, 3.63) is 88.3 Å². The summed E-state index contributed by atoms with van der Waals surface area (Å²) < 4.78 is 7.70. The van der Waals surface area contributed by atoms with Gasteiger partial charge < -0.3 is 19.4 Å². The highest BCUT2D eigenvalue weighted by atomic mass is 35.5.